The summed E-state index contributed by atoms with van der Waals surface area (Å²) in [6, 6.07) is 6.97. The van der Waals surface area contributed by atoms with Crippen molar-refractivity contribution in [3.8, 4) is 0 Å². The number of aryl methyl sites for hydroxylation is 2. The zero-order chi connectivity index (χ0) is 13.9. The Morgan fingerprint density at radius 2 is 2.16 bits per heavy atom. The van der Waals surface area contributed by atoms with Gasteiger partial charge in [-0.2, -0.15) is 5.10 Å². The minimum Gasteiger partial charge on any atom is -0.271 e. The molecule has 0 fully saturated rings. The van der Waals surface area contributed by atoms with Gasteiger partial charge in [-0.3, -0.25) is 4.68 Å². The van der Waals surface area contributed by atoms with Gasteiger partial charge in [0.1, 0.15) is 0 Å². The first-order valence-corrected chi connectivity index (χ1v) is 7.98. The van der Waals surface area contributed by atoms with Crippen molar-refractivity contribution >= 4 is 21.4 Å². The molecule has 19 heavy (non-hydrogen) atoms. The maximum Gasteiger partial charge on any atom is 0.178 e. The zero-order valence-corrected chi connectivity index (χ0v) is 12.2. The number of sulfone groups is 1. The number of hydrogen-bond donors (Lipinski definition) is 0. The first kappa shape index (κ1) is 14.1. The van der Waals surface area contributed by atoms with Crippen molar-refractivity contribution in [2.24, 2.45) is 0 Å². The zero-order valence-electron chi connectivity index (χ0n) is 10.6. The van der Waals surface area contributed by atoms with E-state index in [9.17, 15) is 8.42 Å². The molecule has 0 aliphatic heterocycles. The normalized spacial score (nSPS) is 11.7. The van der Waals surface area contributed by atoms with Gasteiger partial charge in [0.05, 0.1) is 21.9 Å². The molecule has 0 aliphatic carbocycles. The average molecular weight is 299 g/mol. The van der Waals surface area contributed by atoms with E-state index in [1.807, 2.05) is 13.0 Å². The molecule has 0 unspecified atom stereocenters. The van der Waals surface area contributed by atoms with Gasteiger partial charge in [0, 0.05) is 12.7 Å². The van der Waals surface area contributed by atoms with E-state index in [1.54, 1.807) is 29.1 Å². The lowest BCUT2D eigenvalue weighted by Crippen LogP contribution is -2.10. The Labute approximate surface area is 117 Å². The highest BCUT2D eigenvalue weighted by Gasteiger charge is 2.14. The average Bonchev–Trinajstić information content (AvgIpc) is 2.75. The van der Waals surface area contributed by atoms with Gasteiger partial charge in [0.25, 0.3) is 0 Å². The summed E-state index contributed by atoms with van der Waals surface area (Å²) in [5, 5.41) is 4.57. The molecule has 2 aromatic rings. The first-order chi connectivity index (χ1) is 8.97. The van der Waals surface area contributed by atoms with Gasteiger partial charge in [-0.15, -0.1) is 0 Å². The van der Waals surface area contributed by atoms with Crippen LogP contribution < -0.4 is 0 Å². The van der Waals surface area contributed by atoms with E-state index in [1.165, 1.54) is 6.20 Å². The molecule has 0 atom stereocenters. The molecule has 0 spiro atoms. The van der Waals surface area contributed by atoms with E-state index in [0.717, 1.165) is 5.56 Å². The lowest BCUT2D eigenvalue weighted by molar-refractivity contribution is 0.572. The Morgan fingerprint density at radius 1 is 1.37 bits per heavy atom. The molecule has 0 radical (unpaired) electrons. The first-order valence-electron chi connectivity index (χ1n) is 5.95. The second-order valence-corrected chi connectivity index (χ2v) is 6.96. The van der Waals surface area contributed by atoms with Gasteiger partial charge in [-0.05, 0) is 31.0 Å². The lowest BCUT2D eigenvalue weighted by Gasteiger charge is -2.05. The quantitative estimate of drug-likeness (QED) is 0.853. The minimum absolute atomic E-state index is 0.105. The minimum atomic E-state index is -3.22. The Bertz CT molecular complexity index is 665. The van der Waals surface area contributed by atoms with Crippen LogP contribution in [0.25, 0.3) is 0 Å². The monoisotopic (exact) mass is 298 g/mol. The summed E-state index contributed by atoms with van der Waals surface area (Å²) < 4.78 is 25.9. The van der Waals surface area contributed by atoms with Crippen molar-refractivity contribution in [1.82, 2.24) is 9.78 Å². The Hall–Kier alpha value is -1.33. The molecule has 0 N–H and O–H groups in total. The number of benzene rings is 1. The van der Waals surface area contributed by atoms with Gasteiger partial charge >= 0.3 is 0 Å². The van der Waals surface area contributed by atoms with Gasteiger partial charge in [0.15, 0.2) is 9.84 Å². The van der Waals surface area contributed by atoms with Crippen molar-refractivity contribution in [2.75, 3.05) is 5.75 Å². The molecule has 2 rings (SSSR count). The fourth-order valence-corrected chi connectivity index (χ4v) is 3.36. The number of halogens is 1. The van der Waals surface area contributed by atoms with Crippen LogP contribution in [0.4, 0.5) is 0 Å². The van der Waals surface area contributed by atoms with Crippen LogP contribution in [0.1, 0.15) is 12.0 Å². The molecule has 1 aromatic carbocycles. The summed E-state index contributed by atoms with van der Waals surface area (Å²) in [5.41, 5.74) is 0.944. The van der Waals surface area contributed by atoms with Crippen molar-refractivity contribution in [2.45, 2.75) is 24.8 Å². The highest BCUT2D eigenvalue weighted by atomic mass is 35.5. The smallest absolute Gasteiger partial charge is 0.178 e. The number of nitrogens with zero attached hydrogens (tertiary/aromatic N) is 2. The standard InChI is InChI=1S/C13H15ClN2O2S/c1-11-4-2-5-13(8-11)19(17,18)7-3-6-16-10-12(14)9-15-16/h2,4-5,8-10H,3,6-7H2,1H3. The van der Waals surface area contributed by atoms with E-state index >= 15 is 0 Å². The molecule has 0 amide bonds. The van der Waals surface area contributed by atoms with Gasteiger partial charge in [-0.25, -0.2) is 8.42 Å². The van der Waals surface area contributed by atoms with Crippen LogP contribution in [0, 0.1) is 6.92 Å². The summed E-state index contributed by atoms with van der Waals surface area (Å²) in [4.78, 5) is 0.381. The SMILES string of the molecule is Cc1cccc(S(=O)(=O)CCCn2cc(Cl)cn2)c1. The topological polar surface area (TPSA) is 52.0 Å². The van der Waals surface area contributed by atoms with E-state index in [4.69, 9.17) is 11.6 Å². The molecule has 6 heteroatoms. The molecule has 4 nitrogen and oxygen atoms in total. The van der Waals surface area contributed by atoms with Crippen LogP contribution in [-0.2, 0) is 16.4 Å². The van der Waals surface area contributed by atoms with Crippen LogP contribution >= 0.6 is 11.6 Å². The molecule has 1 aromatic heterocycles. The Balaban J connectivity index is 1.98. The summed E-state index contributed by atoms with van der Waals surface area (Å²) >= 11 is 5.74. The van der Waals surface area contributed by atoms with Gasteiger partial charge < -0.3 is 0 Å². The van der Waals surface area contributed by atoms with Crippen molar-refractivity contribution in [3.05, 3.63) is 47.2 Å². The lowest BCUT2D eigenvalue weighted by atomic mass is 10.2. The van der Waals surface area contributed by atoms with Crippen LogP contribution in [0.2, 0.25) is 5.02 Å². The largest absolute Gasteiger partial charge is 0.271 e. The van der Waals surface area contributed by atoms with Crippen molar-refractivity contribution < 1.29 is 8.42 Å². The molecule has 0 saturated heterocycles. The van der Waals surface area contributed by atoms with Gasteiger partial charge in [0.2, 0.25) is 0 Å². The number of hydrogen-bond acceptors (Lipinski definition) is 3. The molecular formula is C13H15ClN2O2S. The van der Waals surface area contributed by atoms with Crippen LogP contribution in [0.15, 0.2) is 41.6 Å². The molecule has 0 bridgehead atoms. The molecule has 0 saturated carbocycles. The summed E-state index contributed by atoms with van der Waals surface area (Å²) in [5.74, 6) is 0.105. The third kappa shape index (κ3) is 3.81. The fraction of sp³-hybridized carbons (Fsp3) is 0.308. The Kier molecular flexibility index (Phi) is 4.27. The van der Waals surface area contributed by atoms with E-state index in [0.29, 0.717) is 22.9 Å². The second kappa shape index (κ2) is 5.75. The maximum atomic E-state index is 12.1. The third-order valence-electron chi connectivity index (χ3n) is 2.75. The predicted octanol–water partition coefficient (Wildman–Crippen LogP) is 2.71. The fourth-order valence-electron chi connectivity index (χ4n) is 1.80. The van der Waals surface area contributed by atoms with Crippen LogP contribution in [0.3, 0.4) is 0 Å². The van der Waals surface area contributed by atoms with Crippen LogP contribution in [0.5, 0.6) is 0 Å². The molecule has 1 heterocycles. The molecule has 102 valence electrons. The highest BCUT2D eigenvalue weighted by molar-refractivity contribution is 7.91. The maximum absolute atomic E-state index is 12.1. The van der Waals surface area contributed by atoms with E-state index < -0.39 is 9.84 Å². The molecular weight excluding hydrogens is 284 g/mol. The predicted molar refractivity (Wildman–Crippen MR) is 75.1 cm³/mol. The summed E-state index contributed by atoms with van der Waals surface area (Å²) in [6.45, 7) is 2.42. The third-order valence-corrected chi connectivity index (χ3v) is 4.74. The van der Waals surface area contributed by atoms with Gasteiger partial charge in [-0.1, -0.05) is 23.7 Å². The Morgan fingerprint density at radius 3 is 2.79 bits per heavy atom. The van der Waals surface area contributed by atoms with Crippen LogP contribution in [-0.4, -0.2) is 24.0 Å². The summed E-state index contributed by atoms with van der Waals surface area (Å²) in [6.07, 6.45) is 3.73. The molecule has 0 aliphatic rings. The van der Waals surface area contributed by atoms with Crippen molar-refractivity contribution in [3.63, 3.8) is 0 Å². The second-order valence-electron chi connectivity index (χ2n) is 4.41. The highest BCUT2D eigenvalue weighted by Crippen LogP contribution is 2.14. The van der Waals surface area contributed by atoms with E-state index in [2.05, 4.69) is 5.10 Å². The van der Waals surface area contributed by atoms with Crippen molar-refractivity contribution in [1.29, 1.82) is 0 Å². The van der Waals surface area contributed by atoms with E-state index in [-0.39, 0.29) is 5.75 Å². The number of aromatic nitrogens is 2. The number of rotatable bonds is 5. The summed E-state index contributed by atoms with van der Waals surface area (Å²) in [7, 11) is -3.22.